The number of primary sulfonamides is 1. The SMILES string of the molecule is COc1ccc(C(=O)N2CCOCC2)cc1S(N)(=O)=O. The molecule has 1 aliphatic heterocycles. The molecule has 0 bridgehead atoms. The lowest BCUT2D eigenvalue weighted by Crippen LogP contribution is -2.40. The van der Waals surface area contributed by atoms with Crippen LogP contribution in [0.5, 0.6) is 5.75 Å². The molecule has 7 nitrogen and oxygen atoms in total. The molecule has 1 aromatic rings. The third-order valence-corrected chi connectivity index (χ3v) is 3.95. The van der Waals surface area contributed by atoms with E-state index in [1.807, 2.05) is 0 Å². The number of nitrogens with two attached hydrogens (primary N) is 1. The molecule has 110 valence electrons. The van der Waals surface area contributed by atoms with Gasteiger partial charge in [0.2, 0.25) is 10.0 Å². The number of hydrogen-bond donors (Lipinski definition) is 1. The van der Waals surface area contributed by atoms with E-state index in [4.69, 9.17) is 14.6 Å². The lowest BCUT2D eigenvalue weighted by Gasteiger charge is -2.27. The topological polar surface area (TPSA) is 98.9 Å². The maximum Gasteiger partial charge on any atom is 0.254 e. The van der Waals surface area contributed by atoms with Crippen molar-refractivity contribution in [3.63, 3.8) is 0 Å². The molecule has 1 fully saturated rings. The fourth-order valence-corrected chi connectivity index (χ4v) is 2.70. The highest BCUT2D eigenvalue weighted by Crippen LogP contribution is 2.24. The first-order chi connectivity index (χ1) is 9.43. The van der Waals surface area contributed by atoms with E-state index in [0.29, 0.717) is 26.3 Å². The molecule has 1 saturated heterocycles. The minimum absolute atomic E-state index is 0.117. The molecular weight excluding hydrogens is 284 g/mol. The Hall–Kier alpha value is -1.64. The first-order valence-electron chi connectivity index (χ1n) is 6.01. The highest BCUT2D eigenvalue weighted by molar-refractivity contribution is 7.89. The van der Waals surface area contributed by atoms with Crippen LogP contribution in [-0.4, -0.2) is 52.6 Å². The Morgan fingerprint density at radius 1 is 1.35 bits per heavy atom. The summed E-state index contributed by atoms with van der Waals surface area (Å²) in [5, 5.41) is 5.13. The third kappa shape index (κ3) is 3.09. The van der Waals surface area contributed by atoms with Crippen molar-refractivity contribution in [3.05, 3.63) is 23.8 Å². The van der Waals surface area contributed by atoms with Gasteiger partial charge in [-0.25, -0.2) is 13.6 Å². The molecule has 20 heavy (non-hydrogen) atoms. The van der Waals surface area contributed by atoms with Gasteiger partial charge in [-0.3, -0.25) is 4.79 Å². The standard InChI is InChI=1S/C12H16N2O5S/c1-18-10-3-2-9(8-11(10)20(13,16)17)12(15)14-4-6-19-7-5-14/h2-3,8H,4-7H2,1H3,(H2,13,16,17). The van der Waals surface area contributed by atoms with Gasteiger partial charge in [0, 0.05) is 18.7 Å². The van der Waals surface area contributed by atoms with E-state index >= 15 is 0 Å². The van der Waals surface area contributed by atoms with Crippen molar-refractivity contribution in [3.8, 4) is 5.75 Å². The molecule has 1 aliphatic rings. The van der Waals surface area contributed by atoms with Crippen LogP contribution in [0.3, 0.4) is 0 Å². The normalized spacial score (nSPS) is 16.0. The molecule has 0 saturated carbocycles. The van der Waals surface area contributed by atoms with Gasteiger partial charge in [-0.15, -0.1) is 0 Å². The summed E-state index contributed by atoms with van der Waals surface area (Å²) in [6, 6.07) is 4.19. The zero-order valence-electron chi connectivity index (χ0n) is 11.0. The number of rotatable bonds is 3. The van der Waals surface area contributed by atoms with Crippen LogP contribution in [0.1, 0.15) is 10.4 Å². The number of carbonyl (C=O) groups is 1. The van der Waals surface area contributed by atoms with Gasteiger partial charge >= 0.3 is 0 Å². The van der Waals surface area contributed by atoms with Gasteiger partial charge in [0.25, 0.3) is 5.91 Å². The van der Waals surface area contributed by atoms with E-state index < -0.39 is 10.0 Å². The van der Waals surface area contributed by atoms with Gasteiger partial charge in [-0.05, 0) is 18.2 Å². The number of ether oxygens (including phenoxy) is 2. The fraction of sp³-hybridized carbons (Fsp3) is 0.417. The highest BCUT2D eigenvalue weighted by atomic mass is 32.2. The maximum absolute atomic E-state index is 12.3. The van der Waals surface area contributed by atoms with E-state index in [0.717, 1.165) is 0 Å². The Kier molecular flexibility index (Phi) is 4.26. The van der Waals surface area contributed by atoms with Crippen molar-refractivity contribution in [2.24, 2.45) is 5.14 Å². The second-order valence-corrected chi connectivity index (χ2v) is 5.85. The number of amides is 1. The Bertz CT molecular complexity index is 608. The van der Waals surface area contributed by atoms with Crippen LogP contribution in [0, 0.1) is 0 Å². The average Bonchev–Trinajstić information content (AvgIpc) is 2.46. The molecule has 2 N–H and O–H groups in total. The molecule has 0 aromatic heterocycles. The van der Waals surface area contributed by atoms with Crippen LogP contribution in [0.2, 0.25) is 0 Å². The molecule has 0 spiro atoms. The van der Waals surface area contributed by atoms with Gasteiger partial charge in [0.1, 0.15) is 10.6 Å². The Morgan fingerprint density at radius 3 is 2.55 bits per heavy atom. The maximum atomic E-state index is 12.3. The zero-order valence-corrected chi connectivity index (χ0v) is 11.9. The lowest BCUT2D eigenvalue weighted by atomic mass is 10.2. The predicted octanol–water partition coefficient (Wildman–Crippen LogP) is -0.185. The van der Waals surface area contributed by atoms with Crippen LogP contribution in [-0.2, 0) is 14.8 Å². The van der Waals surface area contributed by atoms with E-state index in [1.165, 1.54) is 25.3 Å². The minimum atomic E-state index is -3.95. The van der Waals surface area contributed by atoms with Crippen molar-refractivity contribution in [2.75, 3.05) is 33.4 Å². The monoisotopic (exact) mass is 300 g/mol. The number of benzene rings is 1. The number of sulfonamides is 1. The van der Waals surface area contributed by atoms with Crippen LogP contribution < -0.4 is 9.88 Å². The van der Waals surface area contributed by atoms with E-state index in [9.17, 15) is 13.2 Å². The molecule has 2 rings (SSSR count). The minimum Gasteiger partial charge on any atom is -0.495 e. The van der Waals surface area contributed by atoms with Crippen LogP contribution >= 0.6 is 0 Å². The average molecular weight is 300 g/mol. The molecular formula is C12H16N2O5S. The number of morpholine rings is 1. The van der Waals surface area contributed by atoms with Crippen LogP contribution in [0.4, 0.5) is 0 Å². The zero-order chi connectivity index (χ0) is 14.8. The summed E-state index contributed by atoms with van der Waals surface area (Å²) in [5.74, 6) is -0.133. The first kappa shape index (κ1) is 14.8. The van der Waals surface area contributed by atoms with Crippen molar-refractivity contribution < 1.29 is 22.7 Å². The fourth-order valence-electron chi connectivity index (χ4n) is 1.98. The van der Waals surface area contributed by atoms with Gasteiger partial charge in [0.15, 0.2) is 0 Å². The van der Waals surface area contributed by atoms with E-state index in [-0.39, 0.29) is 22.1 Å². The predicted molar refractivity (Wildman–Crippen MR) is 71.1 cm³/mol. The smallest absolute Gasteiger partial charge is 0.254 e. The first-order valence-corrected chi connectivity index (χ1v) is 7.56. The summed E-state index contributed by atoms with van der Waals surface area (Å²) in [6.45, 7) is 1.92. The van der Waals surface area contributed by atoms with Crippen molar-refractivity contribution in [1.29, 1.82) is 0 Å². The summed E-state index contributed by atoms with van der Waals surface area (Å²) >= 11 is 0. The van der Waals surface area contributed by atoms with Gasteiger partial charge < -0.3 is 14.4 Å². The number of carbonyl (C=O) groups excluding carboxylic acids is 1. The summed E-state index contributed by atoms with van der Waals surface area (Å²) < 4.78 is 33.2. The Balaban J connectivity index is 2.35. The summed E-state index contributed by atoms with van der Waals surface area (Å²) in [7, 11) is -2.61. The molecule has 0 radical (unpaired) electrons. The Labute approximate surface area is 117 Å². The molecule has 0 unspecified atom stereocenters. The van der Waals surface area contributed by atoms with E-state index in [2.05, 4.69) is 0 Å². The number of methoxy groups -OCH3 is 1. The van der Waals surface area contributed by atoms with Gasteiger partial charge in [-0.2, -0.15) is 0 Å². The van der Waals surface area contributed by atoms with Crippen LogP contribution in [0.15, 0.2) is 23.1 Å². The van der Waals surface area contributed by atoms with Crippen LogP contribution in [0.25, 0.3) is 0 Å². The second kappa shape index (κ2) is 5.78. The quantitative estimate of drug-likeness (QED) is 0.834. The van der Waals surface area contributed by atoms with E-state index in [1.54, 1.807) is 4.90 Å². The lowest BCUT2D eigenvalue weighted by molar-refractivity contribution is 0.0302. The highest BCUT2D eigenvalue weighted by Gasteiger charge is 2.22. The summed E-state index contributed by atoms with van der Waals surface area (Å²) in [5.41, 5.74) is 0.261. The third-order valence-electron chi connectivity index (χ3n) is 3.02. The van der Waals surface area contributed by atoms with Crippen molar-refractivity contribution in [2.45, 2.75) is 4.90 Å². The summed E-state index contributed by atoms with van der Waals surface area (Å²) in [6.07, 6.45) is 0. The summed E-state index contributed by atoms with van der Waals surface area (Å²) in [4.78, 5) is 13.7. The molecule has 1 amide bonds. The number of hydrogen-bond acceptors (Lipinski definition) is 5. The molecule has 1 aromatic carbocycles. The van der Waals surface area contributed by atoms with Crippen molar-refractivity contribution >= 4 is 15.9 Å². The van der Waals surface area contributed by atoms with Gasteiger partial charge in [0.05, 0.1) is 20.3 Å². The molecule has 0 atom stereocenters. The molecule has 8 heteroatoms. The van der Waals surface area contributed by atoms with Crippen molar-refractivity contribution in [1.82, 2.24) is 4.90 Å². The largest absolute Gasteiger partial charge is 0.495 e. The number of nitrogens with zero attached hydrogens (tertiary/aromatic N) is 1. The Morgan fingerprint density at radius 2 is 2.00 bits per heavy atom. The van der Waals surface area contributed by atoms with Gasteiger partial charge in [-0.1, -0.05) is 0 Å². The second-order valence-electron chi connectivity index (χ2n) is 4.32. The molecule has 1 heterocycles. The molecule has 0 aliphatic carbocycles.